The molecule has 3 nitrogen and oxygen atoms in total. The van der Waals surface area contributed by atoms with Crippen molar-refractivity contribution in [1.29, 1.82) is 0 Å². The second kappa shape index (κ2) is 7.29. The molecule has 0 radical (unpaired) electrons. The third kappa shape index (κ3) is 3.65. The molecule has 0 aromatic heterocycles. The molecule has 1 aromatic rings. The summed E-state index contributed by atoms with van der Waals surface area (Å²) in [5, 5.41) is 0. The molecule has 0 N–H and O–H groups in total. The lowest BCUT2D eigenvalue weighted by Gasteiger charge is -2.31. The molecule has 0 heterocycles. The van der Waals surface area contributed by atoms with E-state index < -0.39 is 0 Å². The first-order chi connectivity index (χ1) is 10.9. The number of carbonyl (C=O) groups is 2. The molecule has 2 rings (SSSR count). The number of rotatable bonds is 4. The average molecular weight is 316 g/mol. The summed E-state index contributed by atoms with van der Waals surface area (Å²) in [4.78, 5) is 25.2. The quantitative estimate of drug-likeness (QED) is 0.779. The lowest BCUT2D eigenvalue weighted by atomic mass is 9.72. The van der Waals surface area contributed by atoms with Gasteiger partial charge in [-0.3, -0.25) is 9.59 Å². The Morgan fingerprint density at radius 2 is 1.57 bits per heavy atom. The third-order valence-corrected chi connectivity index (χ3v) is 5.23. The summed E-state index contributed by atoms with van der Waals surface area (Å²) in [6.07, 6.45) is 3.58. The SMILES string of the molecule is COC(=O)C1CCCCC1C(=O)C(C)c1c(C)cc(C)cc1C. The topological polar surface area (TPSA) is 43.4 Å². The molecule has 3 atom stereocenters. The molecular formula is C20H28O3. The number of esters is 1. The van der Waals surface area contributed by atoms with Gasteiger partial charge >= 0.3 is 5.97 Å². The van der Waals surface area contributed by atoms with Crippen LogP contribution in [0.2, 0.25) is 0 Å². The molecule has 0 aliphatic heterocycles. The van der Waals surface area contributed by atoms with Crippen LogP contribution in [0.15, 0.2) is 12.1 Å². The number of ketones is 1. The van der Waals surface area contributed by atoms with E-state index in [-0.39, 0.29) is 29.5 Å². The summed E-state index contributed by atoms with van der Waals surface area (Å²) in [5.41, 5.74) is 4.66. The van der Waals surface area contributed by atoms with Crippen molar-refractivity contribution < 1.29 is 14.3 Å². The minimum atomic E-state index is -0.269. The van der Waals surface area contributed by atoms with E-state index in [1.165, 1.54) is 12.7 Å². The first-order valence-electron chi connectivity index (χ1n) is 8.56. The number of carbonyl (C=O) groups excluding carboxylic acids is 2. The first kappa shape index (κ1) is 17.7. The fraction of sp³-hybridized carbons (Fsp3) is 0.600. The van der Waals surface area contributed by atoms with Crippen molar-refractivity contribution in [3.8, 4) is 0 Å². The highest BCUT2D eigenvalue weighted by Gasteiger charge is 2.38. The monoisotopic (exact) mass is 316 g/mol. The molecule has 0 amide bonds. The van der Waals surface area contributed by atoms with Crippen LogP contribution in [0.1, 0.15) is 60.8 Å². The number of hydrogen-bond donors (Lipinski definition) is 0. The summed E-state index contributed by atoms with van der Waals surface area (Å²) in [7, 11) is 1.41. The normalized spacial score (nSPS) is 22.5. The third-order valence-electron chi connectivity index (χ3n) is 5.23. The van der Waals surface area contributed by atoms with Gasteiger partial charge in [-0.25, -0.2) is 0 Å². The summed E-state index contributed by atoms with van der Waals surface area (Å²) in [5.74, 6) is -0.685. The number of ether oxygens (including phenoxy) is 1. The van der Waals surface area contributed by atoms with E-state index >= 15 is 0 Å². The van der Waals surface area contributed by atoms with E-state index in [1.807, 2.05) is 6.92 Å². The van der Waals surface area contributed by atoms with Gasteiger partial charge in [-0.05, 0) is 50.3 Å². The number of Topliss-reactive ketones (excluding diaryl/α,β-unsaturated/α-hetero) is 1. The van der Waals surface area contributed by atoms with Crippen LogP contribution in [0.25, 0.3) is 0 Å². The van der Waals surface area contributed by atoms with Crippen LogP contribution >= 0.6 is 0 Å². The maximum atomic E-state index is 13.1. The lowest BCUT2D eigenvalue weighted by Crippen LogP contribution is -2.35. The van der Waals surface area contributed by atoms with E-state index in [0.717, 1.165) is 42.4 Å². The Morgan fingerprint density at radius 1 is 1.04 bits per heavy atom. The molecule has 3 heteroatoms. The van der Waals surface area contributed by atoms with Crippen molar-refractivity contribution in [2.75, 3.05) is 7.11 Å². The lowest BCUT2D eigenvalue weighted by molar-refractivity contribution is -0.151. The van der Waals surface area contributed by atoms with Crippen LogP contribution in [0.3, 0.4) is 0 Å². The zero-order chi connectivity index (χ0) is 17.1. The molecule has 1 fully saturated rings. The number of aryl methyl sites for hydroxylation is 3. The fourth-order valence-electron chi connectivity index (χ4n) is 4.24. The van der Waals surface area contributed by atoms with Gasteiger partial charge in [0.25, 0.3) is 0 Å². The average Bonchev–Trinajstić information content (AvgIpc) is 2.52. The van der Waals surface area contributed by atoms with E-state index in [0.29, 0.717) is 0 Å². The highest BCUT2D eigenvalue weighted by atomic mass is 16.5. The smallest absolute Gasteiger partial charge is 0.309 e. The van der Waals surface area contributed by atoms with E-state index in [2.05, 4.69) is 32.9 Å². The molecule has 0 spiro atoms. The zero-order valence-electron chi connectivity index (χ0n) is 14.9. The van der Waals surface area contributed by atoms with Crippen LogP contribution in [-0.4, -0.2) is 18.9 Å². The standard InChI is InChI=1S/C20H28O3/c1-12-10-13(2)18(14(3)11-12)15(4)19(21)16-8-6-7-9-17(16)20(22)23-5/h10-11,15-17H,6-9H2,1-5H3. The summed E-state index contributed by atoms with van der Waals surface area (Å²) < 4.78 is 4.93. The molecule has 23 heavy (non-hydrogen) atoms. The van der Waals surface area contributed by atoms with Gasteiger partial charge in [0.15, 0.2) is 0 Å². The van der Waals surface area contributed by atoms with Crippen molar-refractivity contribution >= 4 is 11.8 Å². The van der Waals surface area contributed by atoms with Crippen molar-refractivity contribution in [3.05, 3.63) is 34.4 Å². The van der Waals surface area contributed by atoms with Crippen molar-refractivity contribution in [3.63, 3.8) is 0 Å². The van der Waals surface area contributed by atoms with Crippen LogP contribution in [0.4, 0.5) is 0 Å². The highest BCUT2D eigenvalue weighted by Crippen LogP contribution is 2.37. The molecule has 126 valence electrons. The molecule has 1 aliphatic rings. The van der Waals surface area contributed by atoms with Gasteiger partial charge < -0.3 is 4.74 Å². The van der Waals surface area contributed by atoms with Crippen molar-refractivity contribution in [2.24, 2.45) is 11.8 Å². The minimum Gasteiger partial charge on any atom is -0.469 e. The predicted octanol–water partition coefficient (Wildman–Crippen LogP) is 4.26. The Balaban J connectivity index is 2.29. The van der Waals surface area contributed by atoms with Gasteiger partial charge in [-0.2, -0.15) is 0 Å². The predicted molar refractivity (Wildman–Crippen MR) is 91.5 cm³/mol. The summed E-state index contributed by atoms with van der Waals surface area (Å²) in [6.45, 7) is 8.19. The number of methoxy groups -OCH3 is 1. The van der Waals surface area contributed by atoms with Gasteiger partial charge in [-0.1, -0.05) is 37.5 Å². The largest absolute Gasteiger partial charge is 0.469 e. The van der Waals surface area contributed by atoms with Crippen LogP contribution < -0.4 is 0 Å². The van der Waals surface area contributed by atoms with Gasteiger partial charge in [0, 0.05) is 11.8 Å². The van der Waals surface area contributed by atoms with Gasteiger partial charge in [0.2, 0.25) is 0 Å². The maximum absolute atomic E-state index is 13.1. The Hall–Kier alpha value is -1.64. The van der Waals surface area contributed by atoms with E-state index in [1.54, 1.807) is 0 Å². The van der Waals surface area contributed by atoms with Gasteiger partial charge in [-0.15, -0.1) is 0 Å². The molecule has 0 saturated heterocycles. The Morgan fingerprint density at radius 3 is 2.09 bits per heavy atom. The molecule has 1 aliphatic carbocycles. The minimum absolute atomic E-state index is 0.175. The number of benzene rings is 1. The van der Waals surface area contributed by atoms with Crippen molar-refractivity contribution in [2.45, 2.75) is 59.3 Å². The Kier molecular flexibility index (Phi) is 5.61. The molecule has 1 aromatic carbocycles. The number of hydrogen-bond acceptors (Lipinski definition) is 3. The van der Waals surface area contributed by atoms with E-state index in [9.17, 15) is 9.59 Å². The van der Waals surface area contributed by atoms with Gasteiger partial charge in [0.05, 0.1) is 13.0 Å². The highest BCUT2D eigenvalue weighted by molar-refractivity contribution is 5.92. The van der Waals surface area contributed by atoms with Crippen LogP contribution in [0.5, 0.6) is 0 Å². The first-order valence-corrected chi connectivity index (χ1v) is 8.56. The molecule has 3 unspecified atom stereocenters. The Bertz CT molecular complexity index is 580. The second-order valence-corrected chi connectivity index (χ2v) is 6.96. The fourth-order valence-corrected chi connectivity index (χ4v) is 4.24. The zero-order valence-corrected chi connectivity index (χ0v) is 14.9. The van der Waals surface area contributed by atoms with Crippen molar-refractivity contribution in [1.82, 2.24) is 0 Å². The van der Waals surface area contributed by atoms with E-state index in [4.69, 9.17) is 4.74 Å². The van der Waals surface area contributed by atoms with Crippen LogP contribution in [-0.2, 0) is 14.3 Å². The summed E-state index contributed by atoms with van der Waals surface area (Å²) >= 11 is 0. The summed E-state index contributed by atoms with van der Waals surface area (Å²) in [6, 6.07) is 4.26. The molecule has 1 saturated carbocycles. The Labute approximate surface area is 139 Å². The van der Waals surface area contributed by atoms with Crippen LogP contribution in [0, 0.1) is 32.6 Å². The second-order valence-electron chi connectivity index (χ2n) is 6.96. The molecular weight excluding hydrogens is 288 g/mol. The maximum Gasteiger partial charge on any atom is 0.309 e. The molecule has 0 bridgehead atoms. The van der Waals surface area contributed by atoms with Gasteiger partial charge in [0.1, 0.15) is 5.78 Å².